The van der Waals surface area contributed by atoms with Crippen LogP contribution in [0.5, 0.6) is 0 Å². The van der Waals surface area contributed by atoms with E-state index in [2.05, 4.69) is 31.2 Å². The highest BCUT2D eigenvalue weighted by atomic mass is 16.5. The third kappa shape index (κ3) is 2.97. The van der Waals surface area contributed by atoms with E-state index in [4.69, 9.17) is 4.52 Å². The van der Waals surface area contributed by atoms with Gasteiger partial charge in [-0.05, 0) is 12.1 Å². The van der Waals surface area contributed by atoms with Crippen LogP contribution in [0.4, 0.5) is 0 Å². The monoisotopic (exact) mass is 312 g/mol. The number of piperazine rings is 1. The fourth-order valence-corrected chi connectivity index (χ4v) is 3.02. The molecule has 120 valence electrons. The summed E-state index contributed by atoms with van der Waals surface area (Å²) in [5.74, 6) is 1.01. The largest absolute Gasteiger partial charge is 0.356 e. The minimum Gasteiger partial charge on any atom is -0.356 e. The number of benzene rings is 1. The molecule has 3 heterocycles. The van der Waals surface area contributed by atoms with Crippen molar-refractivity contribution in [2.24, 2.45) is 7.05 Å². The van der Waals surface area contributed by atoms with Crippen LogP contribution in [-0.4, -0.2) is 55.9 Å². The van der Waals surface area contributed by atoms with E-state index >= 15 is 0 Å². The average molecular weight is 312 g/mol. The Morgan fingerprint density at radius 3 is 2.52 bits per heavy atom. The maximum absolute atomic E-state index is 5.39. The summed E-state index contributed by atoms with van der Waals surface area (Å²) in [7, 11) is 1.99. The lowest BCUT2D eigenvalue weighted by Crippen LogP contribution is -2.45. The van der Waals surface area contributed by atoms with Crippen molar-refractivity contribution >= 4 is 11.0 Å². The molecule has 0 bridgehead atoms. The van der Waals surface area contributed by atoms with Crippen LogP contribution in [0.1, 0.15) is 11.5 Å². The lowest BCUT2D eigenvalue weighted by Gasteiger charge is -2.33. The molecule has 0 aliphatic carbocycles. The number of aromatic nitrogens is 4. The van der Waals surface area contributed by atoms with Crippen LogP contribution in [0.15, 0.2) is 35.1 Å². The van der Waals surface area contributed by atoms with Crippen LogP contribution < -0.4 is 0 Å². The predicted molar refractivity (Wildman–Crippen MR) is 85.6 cm³/mol. The second-order valence-corrected chi connectivity index (χ2v) is 6.04. The van der Waals surface area contributed by atoms with Gasteiger partial charge in [-0.15, -0.1) is 10.2 Å². The van der Waals surface area contributed by atoms with Gasteiger partial charge in [0.05, 0.1) is 6.54 Å². The van der Waals surface area contributed by atoms with E-state index in [0.717, 1.165) is 61.8 Å². The molecule has 4 rings (SSSR count). The summed E-state index contributed by atoms with van der Waals surface area (Å²) < 4.78 is 7.37. The van der Waals surface area contributed by atoms with Gasteiger partial charge in [0.1, 0.15) is 17.8 Å². The topological polar surface area (TPSA) is 63.2 Å². The summed E-state index contributed by atoms with van der Waals surface area (Å²) in [4.78, 5) is 4.85. The molecule has 7 heteroatoms. The zero-order valence-electron chi connectivity index (χ0n) is 13.2. The van der Waals surface area contributed by atoms with E-state index in [1.54, 1.807) is 6.33 Å². The van der Waals surface area contributed by atoms with Crippen molar-refractivity contribution in [3.05, 3.63) is 42.1 Å². The first kappa shape index (κ1) is 14.3. The molecule has 0 saturated carbocycles. The number of aryl methyl sites for hydroxylation is 1. The summed E-state index contributed by atoms with van der Waals surface area (Å²) >= 11 is 0. The van der Waals surface area contributed by atoms with Crippen molar-refractivity contribution in [2.75, 3.05) is 26.2 Å². The van der Waals surface area contributed by atoms with Crippen LogP contribution in [0.2, 0.25) is 0 Å². The van der Waals surface area contributed by atoms with E-state index < -0.39 is 0 Å². The Bertz CT molecular complexity index is 787. The van der Waals surface area contributed by atoms with Crippen molar-refractivity contribution in [2.45, 2.75) is 13.1 Å². The lowest BCUT2D eigenvalue weighted by molar-refractivity contribution is 0.117. The minimum absolute atomic E-state index is 0.842. The zero-order chi connectivity index (χ0) is 15.6. The Kier molecular flexibility index (Phi) is 3.80. The first-order valence-corrected chi connectivity index (χ1v) is 7.90. The van der Waals surface area contributed by atoms with Crippen molar-refractivity contribution in [1.29, 1.82) is 0 Å². The maximum Gasteiger partial charge on any atom is 0.167 e. The maximum atomic E-state index is 5.39. The molecule has 0 unspecified atom stereocenters. The van der Waals surface area contributed by atoms with Gasteiger partial charge in [-0.1, -0.05) is 17.3 Å². The Labute approximate surface area is 134 Å². The van der Waals surface area contributed by atoms with Crippen LogP contribution in [0, 0.1) is 0 Å². The summed E-state index contributed by atoms with van der Waals surface area (Å²) in [6, 6.07) is 8.04. The van der Waals surface area contributed by atoms with Gasteiger partial charge in [0.15, 0.2) is 5.58 Å². The number of hydrogen-bond donors (Lipinski definition) is 0. The molecule has 7 nitrogen and oxygen atoms in total. The highest BCUT2D eigenvalue weighted by Gasteiger charge is 2.20. The Morgan fingerprint density at radius 2 is 1.78 bits per heavy atom. The van der Waals surface area contributed by atoms with E-state index in [9.17, 15) is 0 Å². The molecule has 0 N–H and O–H groups in total. The molecule has 0 spiro atoms. The van der Waals surface area contributed by atoms with E-state index in [0.29, 0.717) is 0 Å². The second-order valence-electron chi connectivity index (χ2n) is 6.04. The quantitative estimate of drug-likeness (QED) is 0.723. The zero-order valence-corrected chi connectivity index (χ0v) is 13.2. The van der Waals surface area contributed by atoms with Gasteiger partial charge in [0.25, 0.3) is 0 Å². The van der Waals surface area contributed by atoms with Crippen LogP contribution in [-0.2, 0) is 20.1 Å². The highest BCUT2D eigenvalue weighted by molar-refractivity contribution is 5.79. The van der Waals surface area contributed by atoms with E-state index in [-0.39, 0.29) is 0 Å². The van der Waals surface area contributed by atoms with Gasteiger partial charge >= 0.3 is 0 Å². The molecule has 23 heavy (non-hydrogen) atoms. The number of rotatable bonds is 4. The predicted octanol–water partition coefficient (Wildman–Crippen LogP) is 1.27. The van der Waals surface area contributed by atoms with Gasteiger partial charge in [-0.3, -0.25) is 9.80 Å². The normalized spacial score (nSPS) is 17.1. The highest BCUT2D eigenvalue weighted by Crippen LogP contribution is 2.19. The molecule has 0 amide bonds. The van der Waals surface area contributed by atoms with Gasteiger partial charge < -0.3 is 9.09 Å². The summed E-state index contributed by atoms with van der Waals surface area (Å²) in [5.41, 5.74) is 1.89. The lowest BCUT2D eigenvalue weighted by atomic mass is 10.2. The number of para-hydroxylation sites is 1. The average Bonchev–Trinajstić information content (AvgIpc) is 3.17. The smallest absolute Gasteiger partial charge is 0.167 e. The molecule has 3 aromatic rings. The molecular weight excluding hydrogens is 292 g/mol. The summed E-state index contributed by atoms with van der Waals surface area (Å²) in [6.07, 6.45) is 1.75. The summed E-state index contributed by atoms with van der Waals surface area (Å²) in [5, 5.41) is 13.4. The van der Waals surface area contributed by atoms with E-state index in [1.807, 2.05) is 29.8 Å². The van der Waals surface area contributed by atoms with Gasteiger partial charge in [-0.25, -0.2) is 0 Å². The number of fused-ring (bicyclic) bond motifs is 1. The van der Waals surface area contributed by atoms with Gasteiger partial charge in [-0.2, -0.15) is 0 Å². The molecular formula is C16H20N6O. The molecule has 1 saturated heterocycles. The second kappa shape index (κ2) is 6.10. The van der Waals surface area contributed by atoms with Crippen LogP contribution in [0.25, 0.3) is 11.0 Å². The first-order valence-electron chi connectivity index (χ1n) is 7.90. The summed E-state index contributed by atoms with van der Waals surface area (Å²) in [6.45, 7) is 5.81. The Hall–Kier alpha value is -2.25. The molecule has 1 aromatic carbocycles. The molecule has 0 radical (unpaired) electrons. The van der Waals surface area contributed by atoms with Crippen molar-refractivity contribution in [1.82, 2.24) is 29.7 Å². The number of hydrogen-bond acceptors (Lipinski definition) is 6. The molecule has 2 aromatic heterocycles. The van der Waals surface area contributed by atoms with Crippen molar-refractivity contribution in [3.63, 3.8) is 0 Å². The minimum atomic E-state index is 0.842. The Morgan fingerprint density at radius 1 is 1.04 bits per heavy atom. The number of nitrogens with zero attached hydrogens (tertiary/aromatic N) is 6. The molecule has 1 aliphatic heterocycles. The Balaban J connectivity index is 1.35. The first-order chi connectivity index (χ1) is 11.3. The third-order valence-electron chi connectivity index (χ3n) is 4.46. The standard InChI is InChI=1S/C16H20N6O/c1-20-12-17-18-16(20)11-22-8-6-21(7-9-22)10-14-13-4-2-3-5-15(13)23-19-14/h2-5,12H,6-11H2,1H3. The SMILES string of the molecule is Cn1cnnc1CN1CCN(Cc2noc3ccccc23)CC1. The van der Waals surface area contributed by atoms with E-state index in [1.165, 1.54) is 0 Å². The van der Waals surface area contributed by atoms with Gasteiger partial charge in [0, 0.05) is 45.2 Å². The fourth-order valence-electron chi connectivity index (χ4n) is 3.02. The van der Waals surface area contributed by atoms with Crippen LogP contribution in [0.3, 0.4) is 0 Å². The van der Waals surface area contributed by atoms with Crippen LogP contribution >= 0.6 is 0 Å². The van der Waals surface area contributed by atoms with Crippen molar-refractivity contribution < 1.29 is 4.52 Å². The third-order valence-corrected chi connectivity index (χ3v) is 4.46. The van der Waals surface area contributed by atoms with Gasteiger partial charge in [0.2, 0.25) is 0 Å². The fraction of sp³-hybridized carbons (Fsp3) is 0.438. The molecule has 1 aliphatic rings. The van der Waals surface area contributed by atoms with Crippen molar-refractivity contribution in [3.8, 4) is 0 Å². The molecule has 1 fully saturated rings. The molecule has 0 atom stereocenters.